The van der Waals surface area contributed by atoms with Crippen LogP contribution in [0.2, 0.25) is 0 Å². The van der Waals surface area contributed by atoms with Gasteiger partial charge in [0.15, 0.2) is 6.61 Å². The summed E-state index contributed by atoms with van der Waals surface area (Å²) >= 11 is 1.43. The van der Waals surface area contributed by atoms with Crippen LogP contribution in [-0.4, -0.2) is 42.9 Å². The number of carbonyl (C=O) groups excluding carboxylic acids is 3. The Morgan fingerprint density at radius 3 is 2.61 bits per heavy atom. The van der Waals surface area contributed by atoms with E-state index in [2.05, 4.69) is 5.32 Å². The minimum absolute atomic E-state index is 0.207. The molecule has 1 N–H and O–H groups in total. The second-order valence-corrected chi connectivity index (χ2v) is 7.78. The molecule has 1 aromatic heterocycles. The summed E-state index contributed by atoms with van der Waals surface area (Å²) in [6, 6.07) is 7.17. The monoisotopic (exact) mass is 404 g/mol. The Kier molecular flexibility index (Phi) is 6.41. The third kappa shape index (κ3) is 5.16. The van der Waals surface area contributed by atoms with Crippen molar-refractivity contribution in [1.29, 1.82) is 0 Å². The number of fused-ring (bicyclic) bond motifs is 1. The molecule has 0 radical (unpaired) electrons. The summed E-state index contributed by atoms with van der Waals surface area (Å²) in [5.41, 5.74) is 1.63. The van der Waals surface area contributed by atoms with Crippen LogP contribution in [0.5, 0.6) is 0 Å². The van der Waals surface area contributed by atoms with Crippen molar-refractivity contribution in [2.45, 2.75) is 25.7 Å². The molecule has 0 bridgehead atoms. The molecule has 0 spiro atoms. The summed E-state index contributed by atoms with van der Waals surface area (Å²) in [4.78, 5) is 39.2. The minimum Gasteiger partial charge on any atom is -0.451 e. The third-order valence-corrected chi connectivity index (χ3v) is 5.68. The van der Waals surface area contributed by atoms with E-state index in [0.717, 1.165) is 25.7 Å². The molecule has 2 amide bonds. The van der Waals surface area contributed by atoms with E-state index in [1.807, 2.05) is 6.07 Å². The lowest BCUT2D eigenvalue weighted by Crippen LogP contribution is -2.37. The van der Waals surface area contributed by atoms with E-state index in [0.29, 0.717) is 10.6 Å². The number of hydrogen-bond acceptors (Lipinski definition) is 5. The van der Waals surface area contributed by atoms with Crippen molar-refractivity contribution in [2.75, 3.05) is 25.5 Å². The average molecular weight is 404 g/mol. The molecule has 8 heteroatoms. The number of benzene rings is 1. The summed E-state index contributed by atoms with van der Waals surface area (Å²) in [6.07, 6.45) is 4.22. The number of carbonyl (C=O) groups is 3. The van der Waals surface area contributed by atoms with Crippen LogP contribution in [0.1, 0.15) is 33.0 Å². The highest BCUT2D eigenvalue weighted by Gasteiger charge is 2.20. The van der Waals surface area contributed by atoms with E-state index in [4.69, 9.17) is 4.74 Å². The number of aryl methyl sites for hydroxylation is 2. The maximum absolute atomic E-state index is 12.9. The van der Waals surface area contributed by atoms with Crippen LogP contribution in [0.3, 0.4) is 0 Å². The van der Waals surface area contributed by atoms with E-state index in [-0.39, 0.29) is 6.54 Å². The second kappa shape index (κ2) is 8.97. The van der Waals surface area contributed by atoms with E-state index in [1.165, 1.54) is 58.0 Å². The van der Waals surface area contributed by atoms with Crippen LogP contribution in [0, 0.1) is 5.82 Å². The SMILES string of the molecule is CN(CC(=O)Nc1ccc(F)cc1)C(=O)COC(=O)c1cc2c(s1)CCCC2. The summed E-state index contributed by atoms with van der Waals surface area (Å²) in [5.74, 6) is -1.83. The molecule has 0 saturated carbocycles. The van der Waals surface area contributed by atoms with Crippen LogP contribution in [0.15, 0.2) is 30.3 Å². The van der Waals surface area contributed by atoms with Crippen molar-refractivity contribution in [2.24, 2.45) is 0 Å². The molecule has 0 atom stereocenters. The zero-order valence-corrected chi connectivity index (χ0v) is 16.3. The molecule has 0 saturated heterocycles. The highest BCUT2D eigenvalue weighted by Crippen LogP contribution is 2.30. The molecule has 0 unspecified atom stereocenters. The van der Waals surface area contributed by atoms with Gasteiger partial charge in [0.2, 0.25) is 5.91 Å². The van der Waals surface area contributed by atoms with Crippen LogP contribution in [0.25, 0.3) is 0 Å². The topological polar surface area (TPSA) is 75.7 Å². The van der Waals surface area contributed by atoms with Crippen LogP contribution in [-0.2, 0) is 27.2 Å². The van der Waals surface area contributed by atoms with Gasteiger partial charge < -0.3 is 15.0 Å². The van der Waals surface area contributed by atoms with Gasteiger partial charge in [0.1, 0.15) is 10.7 Å². The maximum atomic E-state index is 12.9. The summed E-state index contributed by atoms with van der Waals surface area (Å²) in [6.45, 7) is -0.636. The Labute approximate surface area is 166 Å². The maximum Gasteiger partial charge on any atom is 0.348 e. The van der Waals surface area contributed by atoms with Crippen molar-refractivity contribution in [3.8, 4) is 0 Å². The van der Waals surface area contributed by atoms with Crippen molar-refractivity contribution in [3.63, 3.8) is 0 Å². The Hall–Kier alpha value is -2.74. The third-order valence-electron chi connectivity index (χ3n) is 4.46. The van der Waals surface area contributed by atoms with Gasteiger partial charge in [0.25, 0.3) is 5.91 Å². The Bertz CT molecular complexity index is 855. The molecule has 1 aromatic carbocycles. The second-order valence-electron chi connectivity index (χ2n) is 6.65. The fraction of sp³-hybridized carbons (Fsp3) is 0.350. The molecule has 28 heavy (non-hydrogen) atoms. The van der Waals surface area contributed by atoms with Gasteiger partial charge >= 0.3 is 5.97 Å². The number of ether oxygens (including phenoxy) is 1. The number of anilines is 1. The van der Waals surface area contributed by atoms with E-state index in [9.17, 15) is 18.8 Å². The molecule has 3 rings (SSSR count). The zero-order chi connectivity index (χ0) is 20.1. The van der Waals surface area contributed by atoms with Crippen molar-refractivity contribution >= 4 is 34.8 Å². The first-order valence-corrected chi connectivity index (χ1v) is 9.82. The predicted octanol–water partition coefficient (Wildman–Crippen LogP) is 3.02. The van der Waals surface area contributed by atoms with E-state index >= 15 is 0 Å². The fourth-order valence-corrected chi connectivity index (χ4v) is 4.08. The summed E-state index contributed by atoms with van der Waals surface area (Å²) in [7, 11) is 1.45. The first-order valence-electron chi connectivity index (χ1n) is 9.00. The normalized spacial score (nSPS) is 12.8. The number of thiophene rings is 1. The largest absolute Gasteiger partial charge is 0.451 e. The standard InChI is InChI=1S/C20H21FN2O4S/c1-23(11-18(24)22-15-8-6-14(21)7-9-15)19(25)12-27-20(26)17-10-13-4-2-3-5-16(13)28-17/h6-10H,2-5,11-12H2,1H3,(H,22,24). The lowest BCUT2D eigenvalue weighted by Gasteiger charge is -2.16. The smallest absolute Gasteiger partial charge is 0.348 e. The molecule has 148 valence electrons. The number of halogens is 1. The van der Waals surface area contributed by atoms with Gasteiger partial charge in [-0.2, -0.15) is 0 Å². The van der Waals surface area contributed by atoms with Crippen molar-refractivity contribution < 1.29 is 23.5 Å². The first-order chi connectivity index (χ1) is 13.4. The zero-order valence-electron chi connectivity index (χ0n) is 15.5. The predicted molar refractivity (Wildman–Crippen MR) is 104 cm³/mol. The van der Waals surface area contributed by atoms with Crippen LogP contribution < -0.4 is 5.32 Å². The van der Waals surface area contributed by atoms with Crippen molar-refractivity contribution in [3.05, 3.63) is 51.5 Å². The Morgan fingerprint density at radius 1 is 1.18 bits per heavy atom. The molecular formula is C20H21FN2O4S. The van der Waals surface area contributed by atoms with Gasteiger partial charge in [0, 0.05) is 17.6 Å². The quantitative estimate of drug-likeness (QED) is 0.751. The lowest BCUT2D eigenvalue weighted by molar-refractivity contribution is -0.136. The number of hydrogen-bond donors (Lipinski definition) is 1. The minimum atomic E-state index is -0.517. The molecule has 6 nitrogen and oxygen atoms in total. The molecule has 1 aliphatic rings. The highest BCUT2D eigenvalue weighted by atomic mass is 32.1. The number of nitrogens with one attached hydrogen (secondary N) is 1. The van der Waals surface area contributed by atoms with Gasteiger partial charge in [-0.1, -0.05) is 0 Å². The van der Waals surface area contributed by atoms with Crippen molar-refractivity contribution in [1.82, 2.24) is 4.90 Å². The van der Waals surface area contributed by atoms with Gasteiger partial charge in [0.05, 0.1) is 6.54 Å². The van der Waals surface area contributed by atoms with Crippen LogP contribution >= 0.6 is 11.3 Å². The molecule has 0 aliphatic heterocycles. The number of nitrogens with zero attached hydrogens (tertiary/aromatic N) is 1. The summed E-state index contributed by atoms with van der Waals surface area (Å²) < 4.78 is 18.0. The molecule has 1 heterocycles. The summed E-state index contributed by atoms with van der Waals surface area (Å²) in [5, 5.41) is 2.57. The van der Waals surface area contributed by atoms with Gasteiger partial charge in [-0.25, -0.2) is 9.18 Å². The number of esters is 1. The molecule has 0 fully saturated rings. The average Bonchev–Trinajstić information content (AvgIpc) is 3.12. The van der Waals surface area contributed by atoms with E-state index in [1.54, 1.807) is 0 Å². The lowest BCUT2D eigenvalue weighted by atomic mass is 9.99. The van der Waals surface area contributed by atoms with E-state index < -0.39 is 30.2 Å². The Balaban J connectivity index is 1.45. The highest BCUT2D eigenvalue weighted by molar-refractivity contribution is 7.14. The number of likely N-dealkylation sites (N-methyl/N-ethyl adjacent to an activating group) is 1. The number of rotatable bonds is 6. The number of amides is 2. The van der Waals surface area contributed by atoms with Crippen LogP contribution in [0.4, 0.5) is 10.1 Å². The first kappa shape index (κ1) is 20.0. The van der Waals surface area contributed by atoms with Gasteiger partial charge in [-0.15, -0.1) is 11.3 Å². The molecular weight excluding hydrogens is 383 g/mol. The molecule has 2 aromatic rings. The molecule has 1 aliphatic carbocycles. The van der Waals surface area contributed by atoms with Gasteiger partial charge in [-0.3, -0.25) is 9.59 Å². The van der Waals surface area contributed by atoms with Gasteiger partial charge in [-0.05, 0) is 61.6 Å². The Morgan fingerprint density at radius 2 is 1.89 bits per heavy atom. The fourth-order valence-electron chi connectivity index (χ4n) is 2.94.